The summed E-state index contributed by atoms with van der Waals surface area (Å²) >= 11 is 0. The molecule has 0 aliphatic rings. The Labute approximate surface area is 137 Å². The first-order chi connectivity index (χ1) is 10.4. The average Bonchev–Trinajstić information content (AvgIpc) is 2.53. The summed E-state index contributed by atoms with van der Waals surface area (Å²) in [6.07, 6.45) is 4.85. The number of hydrogen-bond donors (Lipinski definition) is 1. The monoisotopic (exact) mass is 313 g/mol. The quantitative estimate of drug-likeness (QED) is 0.802. The van der Waals surface area contributed by atoms with Crippen molar-refractivity contribution in [1.82, 2.24) is 0 Å². The van der Waals surface area contributed by atoms with Crippen LogP contribution in [0.5, 0.6) is 0 Å². The highest BCUT2D eigenvalue weighted by molar-refractivity contribution is 5.77. The van der Waals surface area contributed by atoms with Gasteiger partial charge in [-0.1, -0.05) is 71.6 Å². The second-order valence-corrected chi connectivity index (χ2v) is 4.71. The number of carbonyl (C=O) groups excluding carboxylic acids is 1. The standard InChI is InChI=1S/C9H11F.C5H12.C3H7NO.C2H6/c1-3-8-6-7(2)4-5-9(8)10;1-3-5-4-2;1-3(5)2-4;1-2/h4-6H,3H2,1-2H3;3-5H2,1-2H3;2,4H2,1H3;1-2H3. The topological polar surface area (TPSA) is 43.1 Å². The molecule has 2 N–H and O–H groups in total. The number of benzene rings is 1. The predicted molar refractivity (Wildman–Crippen MR) is 96.8 cm³/mol. The molecule has 0 aromatic heterocycles. The maximum Gasteiger partial charge on any atom is 0.143 e. The zero-order valence-corrected chi connectivity index (χ0v) is 15.6. The van der Waals surface area contributed by atoms with E-state index in [9.17, 15) is 9.18 Å². The first-order valence-corrected chi connectivity index (χ1v) is 8.37. The van der Waals surface area contributed by atoms with Crippen molar-refractivity contribution < 1.29 is 9.18 Å². The zero-order chi connectivity index (χ0) is 18.0. The van der Waals surface area contributed by atoms with E-state index in [4.69, 9.17) is 5.73 Å². The second kappa shape index (κ2) is 19.8. The number of halogens is 1. The zero-order valence-electron chi connectivity index (χ0n) is 15.6. The molecule has 0 unspecified atom stereocenters. The van der Waals surface area contributed by atoms with Gasteiger partial charge in [0.05, 0.1) is 6.54 Å². The van der Waals surface area contributed by atoms with Gasteiger partial charge in [-0.05, 0) is 31.9 Å². The fourth-order valence-electron chi connectivity index (χ4n) is 1.33. The largest absolute Gasteiger partial charge is 0.324 e. The molecule has 0 bridgehead atoms. The molecule has 1 aromatic rings. The molecule has 0 aliphatic heterocycles. The van der Waals surface area contributed by atoms with Gasteiger partial charge in [0.1, 0.15) is 11.6 Å². The molecule has 0 amide bonds. The fourth-order valence-corrected chi connectivity index (χ4v) is 1.33. The van der Waals surface area contributed by atoms with Crippen LogP contribution in [0.25, 0.3) is 0 Å². The summed E-state index contributed by atoms with van der Waals surface area (Å²) < 4.78 is 12.8. The van der Waals surface area contributed by atoms with E-state index in [2.05, 4.69) is 13.8 Å². The van der Waals surface area contributed by atoms with Crippen LogP contribution in [-0.2, 0) is 11.2 Å². The van der Waals surface area contributed by atoms with Gasteiger partial charge in [-0.25, -0.2) is 4.39 Å². The van der Waals surface area contributed by atoms with E-state index >= 15 is 0 Å². The van der Waals surface area contributed by atoms with Gasteiger partial charge in [0, 0.05) is 0 Å². The average molecular weight is 314 g/mol. The van der Waals surface area contributed by atoms with E-state index in [0.29, 0.717) is 0 Å². The second-order valence-electron chi connectivity index (χ2n) is 4.71. The molecule has 1 aromatic carbocycles. The summed E-state index contributed by atoms with van der Waals surface area (Å²) in [5.41, 5.74) is 6.75. The number of ketones is 1. The van der Waals surface area contributed by atoms with E-state index in [1.165, 1.54) is 32.3 Å². The molecular weight excluding hydrogens is 277 g/mol. The highest BCUT2D eigenvalue weighted by Crippen LogP contribution is 2.09. The Kier molecular flexibility index (Phi) is 23.1. The molecule has 1 rings (SSSR count). The van der Waals surface area contributed by atoms with E-state index in [0.717, 1.165) is 17.5 Å². The Balaban J connectivity index is -0.000000257. The maximum atomic E-state index is 12.8. The third kappa shape index (κ3) is 18.8. The van der Waals surface area contributed by atoms with E-state index in [1.54, 1.807) is 6.07 Å². The number of nitrogens with two attached hydrogens (primary N) is 1. The molecule has 0 aliphatic carbocycles. The first-order valence-electron chi connectivity index (χ1n) is 8.37. The number of aryl methyl sites for hydroxylation is 2. The third-order valence-electron chi connectivity index (χ3n) is 2.58. The van der Waals surface area contributed by atoms with Crippen LogP contribution in [0.2, 0.25) is 0 Å². The Morgan fingerprint density at radius 1 is 1.14 bits per heavy atom. The fraction of sp³-hybridized carbons (Fsp3) is 0.632. The summed E-state index contributed by atoms with van der Waals surface area (Å²) in [6, 6.07) is 5.19. The number of unbranched alkanes of at least 4 members (excludes halogenated alkanes) is 2. The van der Waals surface area contributed by atoms with Gasteiger partial charge in [-0.3, -0.25) is 4.79 Å². The molecule has 0 fully saturated rings. The van der Waals surface area contributed by atoms with Crippen LogP contribution in [0.15, 0.2) is 18.2 Å². The molecule has 2 nitrogen and oxygen atoms in total. The van der Waals surface area contributed by atoms with Gasteiger partial charge in [0.15, 0.2) is 0 Å². The van der Waals surface area contributed by atoms with Gasteiger partial charge in [0.2, 0.25) is 0 Å². The van der Waals surface area contributed by atoms with Crippen LogP contribution in [0.1, 0.15) is 71.9 Å². The molecule has 0 spiro atoms. The van der Waals surface area contributed by atoms with Crippen LogP contribution < -0.4 is 5.73 Å². The smallest absolute Gasteiger partial charge is 0.143 e. The van der Waals surface area contributed by atoms with Crippen molar-refractivity contribution in [2.24, 2.45) is 5.73 Å². The molecule has 3 heteroatoms. The molecule has 0 radical (unpaired) electrons. The summed E-state index contributed by atoms with van der Waals surface area (Å²) in [5, 5.41) is 0. The van der Waals surface area contributed by atoms with Crippen molar-refractivity contribution in [3.63, 3.8) is 0 Å². The molecule has 0 saturated carbocycles. The van der Waals surface area contributed by atoms with Crippen LogP contribution >= 0.6 is 0 Å². The van der Waals surface area contributed by atoms with Crippen molar-refractivity contribution in [2.75, 3.05) is 6.54 Å². The number of hydrogen-bond acceptors (Lipinski definition) is 2. The Bertz CT molecular complexity index is 362. The van der Waals surface area contributed by atoms with E-state index in [1.807, 2.05) is 33.8 Å². The first kappa shape index (κ1) is 25.7. The van der Waals surface area contributed by atoms with Gasteiger partial charge >= 0.3 is 0 Å². The lowest BCUT2D eigenvalue weighted by Crippen LogP contribution is -2.07. The highest BCUT2D eigenvalue weighted by Gasteiger charge is 1.97. The van der Waals surface area contributed by atoms with E-state index < -0.39 is 0 Å². The van der Waals surface area contributed by atoms with Gasteiger partial charge in [-0.2, -0.15) is 0 Å². The number of Topliss-reactive ketones (excluding diaryl/α,β-unsaturated/α-hetero) is 1. The van der Waals surface area contributed by atoms with Crippen LogP contribution in [0.4, 0.5) is 4.39 Å². The minimum atomic E-state index is -0.0897. The lowest BCUT2D eigenvalue weighted by atomic mass is 10.1. The summed E-state index contributed by atoms with van der Waals surface area (Å²) in [4.78, 5) is 9.69. The lowest BCUT2D eigenvalue weighted by molar-refractivity contribution is -0.115. The normalized spacial score (nSPS) is 8.41. The molecule has 0 atom stereocenters. The molecule has 0 heterocycles. The maximum absolute atomic E-state index is 12.8. The molecule has 130 valence electrons. The van der Waals surface area contributed by atoms with Crippen LogP contribution in [0, 0.1) is 12.7 Å². The van der Waals surface area contributed by atoms with Crippen molar-refractivity contribution >= 4 is 5.78 Å². The van der Waals surface area contributed by atoms with Crippen molar-refractivity contribution in [3.8, 4) is 0 Å². The van der Waals surface area contributed by atoms with Gasteiger partial charge < -0.3 is 5.73 Å². The SMILES string of the molecule is CC.CC(=O)CN.CCCCC.CCc1cc(C)ccc1F. The van der Waals surface area contributed by atoms with Crippen molar-refractivity contribution in [3.05, 3.63) is 35.1 Å². The van der Waals surface area contributed by atoms with E-state index in [-0.39, 0.29) is 18.1 Å². The minimum absolute atomic E-state index is 0.0324. The number of carbonyl (C=O) groups is 1. The molecule has 22 heavy (non-hydrogen) atoms. The molecular formula is C19H36FNO. The van der Waals surface area contributed by atoms with Crippen LogP contribution in [0.3, 0.4) is 0 Å². The summed E-state index contributed by atoms with van der Waals surface area (Å²) in [7, 11) is 0. The minimum Gasteiger partial charge on any atom is -0.324 e. The lowest BCUT2D eigenvalue weighted by Gasteiger charge is -1.99. The highest BCUT2D eigenvalue weighted by atomic mass is 19.1. The summed E-state index contributed by atoms with van der Waals surface area (Å²) in [6.45, 7) is 14.0. The Morgan fingerprint density at radius 3 is 1.82 bits per heavy atom. The number of rotatable bonds is 4. The third-order valence-corrected chi connectivity index (χ3v) is 2.58. The van der Waals surface area contributed by atoms with Crippen molar-refractivity contribution in [2.45, 2.75) is 74.1 Å². The van der Waals surface area contributed by atoms with Crippen molar-refractivity contribution in [1.29, 1.82) is 0 Å². The van der Waals surface area contributed by atoms with Gasteiger partial charge in [0.25, 0.3) is 0 Å². The predicted octanol–water partition coefficient (Wildman–Crippen LogP) is 5.45. The molecule has 0 saturated heterocycles. The van der Waals surface area contributed by atoms with Crippen LogP contribution in [-0.4, -0.2) is 12.3 Å². The summed E-state index contributed by atoms with van der Waals surface area (Å²) in [5.74, 6) is -0.0573. The van der Waals surface area contributed by atoms with Gasteiger partial charge in [-0.15, -0.1) is 0 Å². The Morgan fingerprint density at radius 2 is 1.59 bits per heavy atom. The Hall–Kier alpha value is -1.22.